The Morgan fingerprint density at radius 3 is 2.33 bits per heavy atom. The minimum atomic E-state index is 0.586. The number of piperazine rings is 1. The minimum Gasteiger partial charge on any atom is -0.298 e. The van der Waals surface area contributed by atoms with E-state index in [1.165, 1.54) is 38.8 Å². The maximum atomic E-state index is 4.18. The second-order valence-corrected chi connectivity index (χ2v) is 5.81. The molecular formula is C12H20N6. The predicted molar refractivity (Wildman–Crippen MR) is 66.0 cm³/mol. The molecule has 2 aliphatic carbocycles. The molecule has 3 aliphatic rings. The van der Waals surface area contributed by atoms with Crippen molar-refractivity contribution in [1.82, 2.24) is 30.0 Å². The molecule has 0 radical (unpaired) electrons. The van der Waals surface area contributed by atoms with Crippen LogP contribution in [0.1, 0.15) is 37.5 Å². The molecule has 6 nitrogen and oxygen atoms in total. The third-order valence-electron chi connectivity index (χ3n) is 4.29. The molecule has 0 unspecified atom stereocenters. The Kier molecular flexibility index (Phi) is 2.58. The summed E-state index contributed by atoms with van der Waals surface area (Å²) in [7, 11) is 0. The van der Waals surface area contributed by atoms with Crippen LogP contribution >= 0.6 is 0 Å². The van der Waals surface area contributed by atoms with Crippen LogP contribution in [-0.2, 0) is 6.54 Å². The van der Waals surface area contributed by atoms with Crippen LogP contribution in [0.4, 0.5) is 0 Å². The predicted octanol–water partition coefficient (Wildman–Crippen LogP) is 0.288. The van der Waals surface area contributed by atoms with Crippen LogP contribution in [-0.4, -0.2) is 62.2 Å². The molecule has 0 N–H and O–H groups in total. The van der Waals surface area contributed by atoms with Crippen LogP contribution in [0, 0.1) is 0 Å². The van der Waals surface area contributed by atoms with Gasteiger partial charge in [-0.15, -0.1) is 5.10 Å². The number of hydrogen-bond donors (Lipinski definition) is 0. The molecule has 0 aromatic carbocycles. The summed E-state index contributed by atoms with van der Waals surface area (Å²) in [6, 6.07) is 1.49. The molecule has 98 valence electrons. The quantitative estimate of drug-likeness (QED) is 0.766. The first-order valence-electron chi connectivity index (χ1n) is 7.13. The molecule has 1 saturated heterocycles. The van der Waals surface area contributed by atoms with Crippen molar-refractivity contribution in [2.75, 3.05) is 26.2 Å². The van der Waals surface area contributed by atoms with Crippen molar-refractivity contribution in [2.24, 2.45) is 0 Å². The third kappa shape index (κ3) is 2.14. The zero-order chi connectivity index (χ0) is 11.9. The smallest absolute Gasteiger partial charge is 0.165 e. The fourth-order valence-electron chi connectivity index (χ4n) is 2.85. The molecule has 18 heavy (non-hydrogen) atoms. The summed E-state index contributed by atoms with van der Waals surface area (Å²) >= 11 is 0. The Bertz CT molecular complexity index is 414. The Morgan fingerprint density at radius 1 is 0.944 bits per heavy atom. The number of hydrogen-bond acceptors (Lipinski definition) is 5. The monoisotopic (exact) mass is 248 g/mol. The first kappa shape index (κ1) is 10.9. The summed E-state index contributed by atoms with van der Waals surface area (Å²) in [5.41, 5.74) is 0. The number of aromatic nitrogens is 4. The molecule has 0 bridgehead atoms. The van der Waals surface area contributed by atoms with E-state index < -0.39 is 0 Å². The van der Waals surface area contributed by atoms with E-state index in [2.05, 4.69) is 25.3 Å². The van der Waals surface area contributed by atoms with E-state index in [1.54, 1.807) is 0 Å². The zero-order valence-corrected chi connectivity index (χ0v) is 10.7. The molecule has 6 heteroatoms. The van der Waals surface area contributed by atoms with Crippen LogP contribution in [0.5, 0.6) is 0 Å². The average molecular weight is 248 g/mol. The van der Waals surface area contributed by atoms with Gasteiger partial charge in [-0.25, -0.2) is 4.68 Å². The highest BCUT2D eigenvalue weighted by Crippen LogP contribution is 2.34. The number of rotatable bonds is 4. The minimum absolute atomic E-state index is 0.586. The standard InChI is InChI=1S/C12H20N6/c1-2-10(1)17-7-5-16(6-8-17)9-12-13-14-15-18(12)11-3-4-11/h10-11H,1-9H2. The third-order valence-corrected chi connectivity index (χ3v) is 4.29. The summed E-state index contributed by atoms with van der Waals surface area (Å²) in [5.74, 6) is 1.05. The van der Waals surface area contributed by atoms with E-state index in [0.29, 0.717) is 6.04 Å². The van der Waals surface area contributed by atoms with E-state index >= 15 is 0 Å². The van der Waals surface area contributed by atoms with E-state index in [0.717, 1.165) is 31.5 Å². The SMILES string of the molecule is C1CC1N1CCN(Cc2nnnn2C2CC2)CC1. The van der Waals surface area contributed by atoms with Crippen molar-refractivity contribution in [1.29, 1.82) is 0 Å². The van der Waals surface area contributed by atoms with Gasteiger partial charge in [0.2, 0.25) is 0 Å². The Balaban J connectivity index is 1.35. The normalized spacial score (nSPS) is 26.7. The summed E-state index contributed by atoms with van der Waals surface area (Å²) in [6.45, 7) is 5.68. The fourth-order valence-corrected chi connectivity index (χ4v) is 2.85. The van der Waals surface area contributed by atoms with Gasteiger partial charge in [-0.05, 0) is 36.1 Å². The van der Waals surface area contributed by atoms with Crippen LogP contribution < -0.4 is 0 Å². The van der Waals surface area contributed by atoms with E-state index in [-0.39, 0.29) is 0 Å². The topological polar surface area (TPSA) is 50.1 Å². The Hall–Kier alpha value is -1.01. The second kappa shape index (κ2) is 4.28. The molecule has 2 heterocycles. The number of tetrazole rings is 1. The van der Waals surface area contributed by atoms with Gasteiger partial charge in [-0.3, -0.25) is 9.80 Å². The average Bonchev–Trinajstić information content (AvgIpc) is 3.30. The maximum Gasteiger partial charge on any atom is 0.165 e. The van der Waals surface area contributed by atoms with Gasteiger partial charge in [0.15, 0.2) is 5.82 Å². The first-order valence-corrected chi connectivity index (χ1v) is 7.13. The molecule has 0 amide bonds. The van der Waals surface area contributed by atoms with Gasteiger partial charge in [0, 0.05) is 32.2 Å². The molecule has 4 rings (SSSR count). The Morgan fingerprint density at radius 2 is 1.67 bits per heavy atom. The molecular weight excluding hydrogens is 228 g/mol. The molecule has 1 aromatic heterocycles. The van der Waals surface area contributed by atoms with Crippen molar-refractivity contribution in [3.05, 3.63) is 5.82 Å². The van der Waals surface area contributed by atoms with Crippen molar-refractivity contribution in [3.8, 4) is 0 Å². The summed E-state index contributed by atoms with van der Waals surface area (Å²) in [6.07, 6.45) is 5.32. The number of nitrogens with zero attached hydrogens (tertiary/aromatic N) is 6. The van der Waals surface area contributed by atoms with Gasteiger partial charge in [0.25, 0.3) is 0 Å². The lowest BCUT2D eigenvalue weighted by molar-refractivity contribution is 0.118. The molecule has 1 aliphatic heterocycles. The molecule has 0 spiro atoms. The molecule has 2 saturated carbocycles. The van der Waals surface area contributed by atoms with Crippen LogP contribution in [0.15, 0.2) is 0 Å². The van der Waals surface area contributed by atoms with Gasteiger partial charge in [0.1, 0.15) is 0 Å². The second-order valence-electron chi connectivity index (χ2n) is 5.81. The Labute approximate surface area is 107 Å². The van der Waals surface area contributed by atoms with Crippen LogP contribution in [0.25, 0.3) is 0 Å². The largest absolute Gasteiger partial charge is 0.298 e. The van der Waals surface area contributed by atoms with Gasteiger partial charge in [-0.1, -0.05) is 0 Å². The fraction of sp³-hybridized carbons (Fsp3) is 0.917. The highest BCUT2D eigenvalue weighted by Gasteiger charge is 2.32. The van der Waals surface area contributed by atoms with E-state index in [1.807, 2.05) is 4.68 Å². The van der Waals surface area contributed by atoms with Crippen molar-refractivity contribution in [3.63, 3.8) is 0 Å². The van der Waals surface area contributed by atoms with Gasteiger partial charge in [-0.2, -0.15) is 0 Å². The van der Waals surface area contributed by atoms with Crippen molar-refractivity contribution >= 4 is 0 Å². The lowest BCUT2D eigenvalue weighted by Gasteiger charge is -2.34. The summed E-state index contributed by atoms with van der Waals surface area (Å²) in [4.78, 5) is 5.13. The highest BCUT2D eigenvalue weighted by atomic mass is 15.6. The lowest BCUT2D eigenvalue weighted by atomic mass is 10.3. The zero-order valence-electron chi connectivity index (χ0n) is 10.7. The van der Waals surface area contributed by atoms with Crippen LogP contribution in [0.3, 0.4) is 0 Å². The van der Waals surface area contributed by atoms with E-state index in [9.17, 15) is 0 Å². The highest BCUT2D eigenvalue weighted by molar-refractivity contribution is 4.92. The lowest BCUT2D eigenvalue weighted by Crippen LogP contribution is -2.46. The first-order chi connectivity index (χ1) is 8.90. The molecule has 0 atom stereocenters. The molecule has 1 aromatic rings. The van der Waals surface area contributed by atoms with Gasteiger partial charge in [0.05, 0.1) is 12.6 Å². The molecule has 3 fully saturated rings. The van der Waals surface area contributed by atoms with Crippen LogP contribution in [0.2, 0.25) is 0 Å². The van der Waals surface area contributed by atoms with Gasteiger partial charge >= 0.3 is 0 Å². The summed E-state index contributed by atoms with van der Waals surface area (Å²) < 4.78 is 2.03. The van der Waals surface area contributed by atoms with Crippen molar-refractivity contribution < 1.29 is 0 Å². The van der Waals surface area contributed by atoms with Crippen molar-refractivity contribution in [2.45, 2.75) is 44.3 Å². The maximum absolute atomic E-state index is 4.18. The van der Waals surface area contributed by atoms with E-state index in [4.69, 9.17) is 0 Å². The van der Waals surface area contributed by atoms with Gasteiger partial charge < -0.3 is 0 Å². The summed E-state index contributed by atoms with van der Waals surface area (Å²) in [5, 5.41) is 12.1.